The molecule has 3 rings (SSSR count). The molecule has 2 fully saturated rings. The largest absolute Gasteiger partial charge is 0.376 e. The van der Waals surface area contributed by atoms with Gasteiger partial charge in [-0.1, -0.05) is 29.4 Å². The van der Waals surface area contributed by atoms with E-state index in [4.69, 9.17) is 10.3 Å². The van der Waals surface area contributed by atoms with Gasteiger partial charge in [0.15, 0.2) is 0 Å². The van der Waals surface area contributed by atoms with Crippen LogP contribution in [-0.4, -0.2) is 43.9 Å². The van der Waals surface area contributed by atoms with E-state index in [9.17, 15) is 4.39 Å². The molecule has 0 aromatic heterocycles. The molecule has 0 radical (unpaired) electrons. The van der Waals surface area contributed by atoms with Gasteiger partial charge < -0.3 is 9.64 Å². The number of ether oxygens (including phenoxy) is 1. The topological polar surface area (TPSA) is 61.2 Å². The van der Waals surface area contributed by atoms with Gasteiger partial charge in [-0.2, -0.15) is 0 Å². The molecule has 6 heteroatoms. The first-order chi connectivity index (χ1) is 11.6. The van der Waals surface area contributed by atoms with E-state index in [1.165, 1.54) is 44.9 Å². The number of hydrogen-bond donors (Lipinski definition) is 0. The predicted molar refractivity (Wildman–Crippen MR) is 91.7 cm³/mol. The van der Waals surface area contributed by atoms with Crippen molar-refractivity contribution in [2.24, 2.45) is 5.11 Å². The summed E-state index contributed by atoms with van der Waals surface area (Å²) in [5.74, 6) is 0.606. The van der Waals surface area contributed by atoms with Crippen LogP contribution in [0.15, 0.2) is 29.4 Å². The summed E-state index contributed by atoms with van der Waals surface area (Å²) in [5, 5.41) is 3.51. The molecule has 5 nitrogen and oxygen atoms in total. The normalized spacial score (nSPS) is 29.0. The Kier molecular flexibility index (Phi) is 5.09. The summed E-state index contributed by atoms with van der Waals surface area (Å²) in [4.78, 5) is 5.24. The third-order valence-electron chi connectivity index (χ3n) is 5.90. The Balaban J connectivity index is 1.68. The highest BCUT2D eigenvalue weighted by Crippen LogP contribution is 2.52. The van der Waals surface area contributed by atoms with Gasteiger partial charge in [0, 0.05) is 17.6 Å². The van der Waals surface area contributed by atoms with Crippen LogP contribution in [0.1, 0.15) is 48.8 Å². The summed E-state index contributed by atoms with van der Waals surface area (Å²) in [6.45, 7) is 0.479. The minimum atomic E-state index is -0.829. The fraction of sp³-hybridized carbons (Fsp3) is 0.667. The van der Waals surface area contributed by atoms with Crippen molar-refractivity contribution in [1.82, 2.24) is 4.90 Å². The monoisotopic (exact) mass is 332 g/mol. The molecule has 1 aliphatic carbocycles. The Labute approximate surface area is 142 Å². The number of halogens is 1. The molecule has 24 heavy (non-hydrogen) atoms. The Bertz CT molecular complexity index is 608. The molecule has 1 saturated heterocycles. The van der Waals surface area contributed by atoms with Crippen LogP contribution in [0.3, 0.4) is 0 Å². The lowest BCUT2D eigenvalue weighted by Crippen LogP contribution is -2.51. The van der Waals surface area contributed by atoms with Crippen molar-refractivity contribution in [3.63, 3.8) is 0 Å². The second-order valence-corrected chi connectivity index (χ2v) is 7.10. The lowest BCUT2D eigenvalue weighted by Gasteiger charge is -2.50. The quantitative estimate of drug-likeness (QED) is 0.441. The van der Waals surface area contributed by atoms with E-state index in [0.717, 1.165) is 5.56 Å². The highest BCUT2D eigenvalue weighted by atomic mass is 19.1. The molecule has 130 valence electrons. The van der Waals surface area contributed by atoms with Crippen molar-refractivity contribution < 1.29 is 9.13 Å². The van der Waals surface area contributed by atoms with Crippen LogP contribution < -0.4 is 0 Å². The fourth-order valence-corrected chi connectivity index (χ4v) is 4.39. The number of rotatable bonds is 6. The zero-order valence-corrected chi connectivity index (χ0v) is 14.4. The smallest absolute Gasteiger partial charge is 0.101 e. The van der Waals surface area contributed by atoms with Crippen LogP contribution in [0.4, 0.5) is 4.39 Å². The average Bonchev–Trinajstić information content (AvgIpc) is 2.95. The summed E-state index contributed by atoms with van der Waals surface area (Å²) in [5.41, 5.74) is 11.2. The van der Waals surface area contributed by atoms with E-state index >= 15 is 0 Å². The number of alkyl halides is 1. The molecule has 1 aromatic rings. The minimum absolute atomic E-state index is 0.430. The van der Waals surface area contributed by atoms with Crippen molar-refractivity contribution in [2.75, 3.05) is 27.4 Å². The predicted octanol–water partition coefficient (Wildman–Crippen LogP) is 4.36. The number of benzene rings is 1. The number of nitrogens with zero attached hydrogens (tertiary/aromatic N) is 4. The van der Waals surface area contributed by atoms with Gasteiger partial charge >= 0.3 is 0 Å². The van der Waals surface area contributed by atoms with Gasteiger partial charge in [0.25, 0.3) is 0 Å². The molecule has 1 saturated carbocycles. The first-order valence-corrected chi connectivity index (χ1v) is 8.57. The summed E-state index contributed by atoms with van der Waals surface area (Å²) < 4.78 is 18.5. The van der Waals surface area contributed by atoms with Crippen LogP contribution in [0, 0.1) is 0 Å². The zero-order chi connectivity index (χ0) is 17.2. The first kappa shape index (κ1) is 17.2. The molecule has 0 amide bonds. The van der Waals surface area contributed by atoms with Crippen molar-refractivity contribution in [3.05, 3.63) is 45.8 Å². The maximum atomic E-state index is 13.1. The molecule has 1 aromatic carbocycles. The molecule has 0 bridgehead atoms. The molecular weight excluding hydrogens is 307 g/mol. The molecule has 0 N–H and O–H groups in total. The lowest BCUT2D eigenvalue weighted by molar-refractivity contribution is 0.0578. The van der Waals surface area contributed by atoms with Crippen LogP contribution in [0.5, 0.6) is 0 Å². The van der Waals surface area contributed by atoms with E-state index in [0.29, 0.717) is 11.5 Å². The molecule has 1 aliphatic heterocycles. The number of likely N-dealkylation sites (tertiary alicyclic amines) is 1. The van der Waals surface area contributed by atoms with Gasteiger partial charge in [0.1, 0.15) is 6.67 Å². The van der Waals surface area contributed by atoms with Gasteiger partial charge in [-0.25, -0.2) is 0 Å². The lowest BCUT2D eigenvalue weighted by atomic mass is 9.64. The molecule has 2 atom stereocenters. The van der Waals surface area contributed by atoms with E-state index in [-0.39, 0.29) is 0 Å². The first-order valence-electron chi connectivity index (χ1n) is 8.57. The SMILES string of the molecule is CO[C@H](c1ccc(C2CC3(CCCN3C)C2)cc1)[C@@H](CF)N=[N+]=[N-]. The molecule has 0 unspecified atom stereocenters. The van der Waals surface area contributed by atoms with Crippen LogP contribution in [-0.2, 0) is 4.74 Å². The summed E-state index contributed by atoms with van der Waals surface area (Å²) in [7, 11) is 3.75. The van der Waals surface area contributed by atoms with Crippen LogP contribution in [0.2, 0.25) is 0 Å². The van der Waals surface area contributed by atoms with Gasteiger partial charge in [0.2, 0.25) is 0 Å². The van der Waals surface area contributed by atoms with E-state index in [2.05, 4.69) is 34.1 Å². The zero-order valence-electron chi connectivity index (χ0n) is 14.4. The second-order valence-electron chi connectivity index (χ2n) is 7.10. The van der Waals surface area contributed by atoms with Crippen LogP contribution in [0.25, 0.3) is 10.4 Å². The second kappa shape index (κ2) is 7.09. The van der Waals surface area contributed by atoms with Gasteiger partial charge in [0.05, 0.1) is 12.1 Å². The fourth-order valence-electron chi connectivity index (χ4n) is 4.39. The number of methoxy groups -OCH3 is 1. The van der Waals surface area contributed by atoms with E-state index in [1.807, 2.05) is 12.1 Å². The standard InChI is InChI=1S/C18H25FN4O/c1-23-9-3-8-18(23)10-15(11-18)13-4-6-14(7-5-13)17(24-2)16(12-19)21-22-20/h4-7,15-17H,3,8-12H2,1-2H3/t15?,16-,17-,18?/m1/s1. The molecule has 2 aliphatic rings. The summed E-state index contributed by atoms with van der Waals surface area (Å²) in [6.07, 6.45) is 4.52. The molecule has 1 spiro atoms. The van der Waals surface area contributed by atoms with Crippen LogP contribution >= 0.6 is 0 Å². The Morgan fingerprint density at radius 2 is 2.12 bits per heavy atom. The maximum absolute atomic E-state index is 13.1. The highest BCUT2D eigenvalue weighted by molar-refractivity contribution is 5.31. The van der Waals surface area contributed by atoms with Crippen molar-refractivity contribution in [1.29, 1.82) is 0 Å². The summed E-state index contributed by atoms with van der Waals surface area (Å²) in [6, 6.07) is 7.34. The van der Waals surface area contributed by atoms with E-state index in [1.54, 1.807) is 0 Å². The Morgan fingerprint density at radius 3 is 2.62 bits per heavy atom. The third-order valence-corrected chi connectivity index (χ3v) is 5.90. The molecular formula is C18H25FN4O. The summed E-state index contributed by atoms with van der Waals surface area (Å²) >= 11 is 0. The maximum Gasteiger partial charge on any atom is 0.101 e. The van der Waals surface area contributed by atoms with E-state index < -0.39 is 18.8 Å². The third kappa shape index (κ3) is 3.02. The number of azide groups is 1. The van der Waals surface area contributed by atoms with Gasteiger partial charge in [-0.15, -0.1) is 0 Å². The highest BCUT2D eigenvalue weighted by Gasteiger charge is 2.49. The minimum Gasteiger partial charge on any atom is -0.376 e. The van der Waals surface area contributed by atoms with Crippen molar-refractivity contribution >= 4 is 0 Å². The Morgan fingerprint density at radius 1 is 1.42 bits per heavy atom. The van der Waals surface area contributed by atoms with Crippen molar-refractivity contribution in [2.45, 2.75) is 49.3 Å². The van der Waals surface area contributed by atoms with Gasteiger partial charge in [-0.3, -0.25) is 4.39 Å². The Hall–Kier alpha value is -1.62. The average molecular weight is 332 g/mol. The molecule has 1 heterocycles. The van der Waals surface area contributed by atoms with Crippen molar-refractivity contribution in [3.8, 4) is 0 Å². The number of hydrogen-bond acceptors (Lipinski definition) is 3. The van der Waals surface area contributed by atoms with Gasteiger partial charge in [-0.05, 0) is 61.9 Å².